The average molecular weight is 281 g/mol. The molecule has 2 N–H and O–H groups in total. The highest BCUT2D eigenvalue weighted by atomic mass is 16.5. The highest BCUT2D eigenvalue weighted by Crippen LogP contribution is 2.14. The Bertz CT molecular complexity index is 827. The van der Waals surface area contributed by atoms with Crippen LogP contribution < -0.4 is 16.0 Å². The standard InChI is InChI=1S/C16H15N3O2/c17-13-5-3-6-14(10-13)21-9-8-19-16(20)15-7-2-1-4-12(15)11-18-19/h1-7,10-11H,8-9,17H2. The highest BCUT2D eigenvalue weighted by Gasteiger charge is 2.03. The molecule has 3 rings (SSSR count). The van der Waals surface area contributed by atoms with Crippen molar-refractivity contribution in [2.24, 2.45) is 0 Å². The number of anilines is 1. The van der Waals surface area contributed by atoms with E-state index >= 15 is 0 Å². The molecule has 1 heterocycles. The Labute approximate surface area is 121 Å². The fraction of sp³-hybridized carbons (Fsp3) is 0.125. The fourth-order valence-corrected chi connectivity index (χ4v) is 2.14. The van der Waals surface area contributed by atoms with Crippen LogP contribution in [0.5, 0.6) is 5.75 Å². The topological polar surface area (TPSA) is 70.1 Å². The van der Waals surface area contributed by atoms with Crippen LogP contribution in [0, 0.1) is 0 Å². The first-order valence-electron chi connectivity index (χ1n) is 6.67. The summed E-state index contributed by atoms with van der Waals surface area (Å²) < 4.78 is 6.99. The lowest BCUT2D eigenvalue weighted by Gasteiger charge is -2.08. The number of aromatic nitrogens is 2. The zero-order valence-electron chi connectivity index (χ0n) is 11.4. The normalized spacial score (nSPS) is 10.7. The Kier molecular flexibility index (Phi) is 3.55. The summed E-state index contributed by atoms with van der Waals surface area (Å²) in [5.41, 5.74) is 6.22. The minimum Gasteiger partial charge on any atom is -0.492 e. The van der Waals surface area contributed by atoms with Gasteiger partial charge in [-0.1, -0.05) is 24.3 Å². The van der Waals surface area contributed by atoms with Gasteiger partial charge in [-0.2, -0.15) is 5.10 Å². The van der Waals surface area contributed by atoms with Crippen molar-refractivity contribution < 1.29 is 4.74 Å². The minimum absolute atomic E-state index is 0.107. The molecule has 0 radical (unpaired) electrons. The molecule has 106 valence electrons. The van der Waals surface area contributed by atoms with E-state index in [1.54, 1.807) is 24.4 Å². The Morgan fingerprint density at radius 3 is 2.86 bits per heavy atom. The summed E-state index contributed by atoms with van der Waals surface area (Å²) in [6.45, 7) is 0.743. The zero-order chi connectivity index (χ0) is 14.7. The monoisotopic (exact) mass is 281 g/mol. The molecule has 21 heavy (non-hydrogen) atoms. The Morgan fingerprint density at radius 1 is 1.14 bits per heavy atom. The SMILES string of the molecule is Nc1cccc(OCCn2ncc3ccccc3c2=O)c1. The predicted molar refractivity (Wildman–Crippen MR) is 82.4 cm³/mol. The van der Waals surface area contributed by atoms with Gasteiger partial charge in [-0.15, -0.1) is 0 Å². The summed E-state index contributed by atoms with van der Waals surface area (Å²) in [7, 11) is 0. The highest BCUT2D eigenvalue weighted by molar-refractivity contribution is 5.80. The van der Waals surface area contributed by atoms with Crippen LogP contribution in [0.3, 0.4) is 0 Å². The van der Waals surface area contributed by atoms with Crippen molar-refractivity contribution in [3.8, 4) is 5.75 Å². The van der Waals surface area contributed by atoms with E-state index in [2.05, 4.69) is 5.10 Å². The second-order valence-electron chi connectivity index (χ2n) is 4.68. The molecule has 0 bridgehead atoms. The molecular weight excluding hydrogens is 266 g/mol. The van der Waals surface area contributed by atoms with Gasteiger partial charge in [-0.3, -0.25) is 4.79 Å². The van der Waals surface area contributed by atoms with Crippen LogP contribution in [0.25, 0.3) is 10.8 Å². The number of hydrogen-bond donors (Lipinski definition) is 1. The van der Waals surface area contributed by atoms with Gasteiger partial charge < -0.3 is 10.5 Å². The third-order valence-corrected chi connectivity index (χ3v) is 3.19. The number of nitrogens with zero attached hydrogens (tertiary/aromatic N) is 2. The van der Waals surface area contributed by atoms with Crippen LogP contribution in [0.2, 0.25) is 0 Å². The molecule has 0 amide bonds. The molecule has 3 aromatic rings. The summed E-state index contributed by atoms with van der Waals surface area (Å²) in [6.07, 6.45) is 1.69. The van der Waals surface area contributed by atoms with Crippen LogP contribution >= 0.6 is 0 Å². The third-order valence-electron chi connectivity index (χ3n) is 3.19. The molecule has 0 spiro atoms. The van der Waals surface area contributed by atoms with Gasteiger partial charge in [0.2, 0.25) is 0 Å². The quantitative estimate of drug-likeness (QED) is 0.743. The van der Waals surface area contributed by atoms with Crippen molar-refractivity contribution in [3.05, 3.63) is 65.1 Å². The molecule has 0 aliphatic heterocycles. The molecule has 0 aliphatic rings. The van der Waals surface area contributed by atoms with Crippen LogP contribution in [0.4, 0.5) is 5.69 Å². The summed E-state index contributed by atoms with van der Waals surface area (Å²) >= 11 is 0. The van der Waals surface area contributed by atoms with Gasteiger partial charge in [0, 0.05) is 17.1 Å². The number of nitrogen functional groups attached to an aromatic ring is 1. The van der Waals surface area contributed by atoms with E-state index in [1.807, 2.05) is 30.3 Å². The summed E-state index contributed by atoms with van der Waals surface area (Å²) in [5, 5.41) is 5.66. The van der Waals surface area contributed by atoms with Gasteiger partial charge in [-0.05, 0) is 18.2 Å². The minimum atomic E-state index is -0.107. The average Bonchev–Trinajstić information content (AvgIpc) is 2.50. The van der Waals surface area contributed by atoms with Crippen molar-refractivity contribution >= 4 is 16.5 Å². The molecule has 1 aromatic heterocycles. The number of benzene rings is 2. The van der Waals surface area contributed by atoms with Gasteiger partial charge in [-0.25, -0.2) is 4.68 Å². The second-order valence-corrected chi connectivity index (χ2v) is 4.68. The Hall–Kier alpha value is -2.82. The molecule has 0 fully saturated rings. The lowest BCUT2D eigenvalue weighted by Crippen LogP contribution is -2.25. The Balaban J connectivity index is 1.74. The van der Waals surface area contributed by atoms with Crippen molar-refractivity contribution in [2.75, 3.05) is 12.3 Å². The van der Waals surface area contributed by atoms with Gasteiger partial charge in [0.15, 0.2) is 0 Å². The van der Waals surface area contributed by atoms with E-state index in [1.165, 1.54) is 4.68 Å². The largest absolute Gasteiger partial charge is 0.492 e. The van der Waals surface area contributed by atoms with Crippen LogP contribution in [-0.4, -0.2) is 16.4 Å². The molecule has 0 saturated carbocycles. The maximum absolute atomic E-state index is 12.2. The molecule has 2 aromatic carbocycles. The first kappa shape index (κ1) is 13.2. The van der Waals surface area contributed by atoms with Crippen molar-refractivity contribution in [1.82, 2.24) is 9.78 Å². The van der Waals surface area contributed by atoms with Crippen molar-refractivity contribution in [3.63, 3.8) is 0 Å². The van der Waals surface area contributed by atoms with E-state index in [0.29, 0.717) is 30.0 Å². The smallest absolute Gasteiger partial charge is 0.274 e. The van der Waals surface area contributed by atoms with Crippen molar-refractivity contribution in [2.45, 2.75) is 6.54 Å². The van der Waals surface area contributed by atoms with Gasteiger partial charge in [0.05, 0.1) is 18.1 Å². The lowest BCUT2D eigenvalue weighted by atomic mass is 10.2. The molecule has 0 saturated heterocycles. The van der Waals surface area contributed by atoms with E-state index < -0.39 is 0 Å². The number of nitrogens with two attached hydrogens (primary N) is 1. The Morgan fingerprint density at radius 2 is 2.00 bits per heavy atom. The zero-order valence-corrected chi connectivity index (χ0v) is 11.4. The second kappa shape index (κ2) is 5.66. The summed E-state index contributed by atoms with van der Waals surface area (Å²) in [4.78, 5) is 12.2. The molecule has 0 atom stereocenters. The van der Waals surface area contributed by atoms with E-state index in [4.69, 9.17) is 10.5 Å². The summed E-state index contributed by atoms with van der Waals surface area (Å²) in [5.74, 6) is 0.684. The van der Waals surface area contributed by atoms with Crippen molar-refractivity contribution in [1.29, 1.82) is 0 Å². The molecule has 5 heteroatoms. The van der Waals surface area contributed by atoms with Crippen LogP contribution in [0.1, 0.15) is 0 Å². The first-order chi connectivity index (χ1) is 10.2. The molecule has 0 unspecified atom stereocenters. The van der Waals surface area contributed by atoms with E-state index in [0.717, 1.165) is 5.39 Å². The van der Waals surface area contributed by atoms with Crippen LogP contribution in [-0.2, 0) is 6.54 Å². The summed E-state index contributed by atoms with van der Waals surface area (Å²) in [6, 6.07) is 14.6. The number of hydrogen-bond acceptors (Lipinski definition) is 4. The molecular formula is C16H15N3O2. The molecule has 0 aliphatic carbocycles. The maximum atomic E-state index is 12.2. The van der Waals surface area contributed by atoms with Crippen LogP contribution in [0.15, 0.2) is 59.5 Å². The number of fused-ring (bicyclic) bond motifs is 1. The first-order valence-corrected chi connectivity index (χ1v) is 6.67. The van der Waals surface area contributed by atoms with E-state index in [9.17, 15) is 4.79 Å². The maximum Gasteiger partial charge on any atom is 0.274 e. The van der Waals surface area contributed by atoms with E-state index in [-0.39, 0.29) is 5.56 Å². The van der Waals surface area contributed by atoms with Gasteiger partial charge in [0.25, 0.3) is 5.56 Å². The number of ether oxygens (including phenoxy) is 1. The predicted octanol–water partition coefficient (Wildman–Crippen LogP) is 2.06. The fourth-order valence-electron chi connectivity index (χ4n) is 2.14. The lowest BCUT2D eigenvalue weighted by molar-refractivity contribution is 0.288. The number of rotatable bonds is 4. The van der Waals surface area contributed by atoms with Gasteiger partial charge in [0.1, 0.15) is 12.4 Å². The molecule has 5 nitrogen and oxygen atoms in total. The van der Waals surface area contributed by atoms with Gasteiger partial charge >= 0.3 is 0 Å². The third kappa shape index (κ3) is 2.86.